The van der Waals surface area contributed by atoms with Crippen molar-refractivity contribution in [2.24, 2.45) is 0 Å². The standard InChI is InChI=1S/C25H21F3N4O5S/c1-3-4-21(34)32-23(16-6-5-14(13-29)11-19(16)38(2,36)37)22-17(7-8-18(22)33)31(24(32)35)20-12-15(9-10-30-20)25(26,27)28/h5-6,9-12,23H,3-4,7-8H2,1-2H3. The van der Waals surface area contributed by atoms with Gasteiger partial charge < -0.3 is 0 Å². The summed E-state index contributed by atoms with van der Waals surface area (Å²) in [6.45, 7) is 1.67. The third-order valence-corrected chi connectivity index (χ3v) is 7.42. The number of imide groups is 1. The average molecular weight is 547 g/mol. The Kier molecular flexibility index (Phi) is 6.88. The van der Waals surface area contributed by atoms with Crippen LogP contribution >= 0.6 is 0 Å². The lowest BCUT2D eigenvalue weighted by molar-refractivity contribution is -0.137. The first-order valence-corrected chi connectivity index (χ1v) is 13.4. The van der Waals surface area contributed by atoms with Gasteiger partial charge in [-0.25, -0.2) is 23.1 Å². The van der Waals surface area contributed by atoms with Gasteiger partial charge in [0, 0.05) is 36.6 Å². The Morgan fingerprint density at radius 2 is 1.89 bits per heavy atom. The molecule has 0 saturated carbocycles. The lowest BCUT2D eigenvalue weighted by Crippen LogP contribution is -2.53. The summed E-state index contributed by atoms with van der Waals surface area (Å²) in [7, 11) is -4.01. The van der Waals surface area contributed by atoms with Gasteiger partial charge in [0.05, 0.1) is 28.1 Å². The highest BCUT2D eigenvalue weighted by atomic mass is 32.2. The summed E-state index contributed by atoms with van der Waals surface area (Å²) in [4.78, 5) is 45.5. The Morgan fingerprint density at radius 3 is 2.50 bits per heavy atom. The molecule has 0 fully saturated rings. The summed E-state index contributed by atoms with van der Waals surface area (Å²) >= 11 is 0. The number of anilines is 1. The minimum atomic E-state index is -4.74. The summed E-state index contributed by atoms with van der Waals surface area (Å²) in [5.74, 6) is -1.68. The number of pyridine rings is 1. The molecule has 0 spiro atoms. The lowest BCUT2D eigenvalue weighted by Gasteiger charge is -2.41. The van der Waals surface area contributed by atoms with E-state index in [0.29, 0.717) is 17.4 Å². The van der Waals surface area contributed by atoms with Crippen LogP contribution in [0, 0.1) is 11.3 Å². The molecule has 0 radical (unpaired) electrons. The smallest absolute Gasteiger partial charge is 0.294 e. The molecule has 4 rings (SSSR count). The number of Topliss-reactive ketones (excluding diaryl/α,β-unsaturated/α-hetero) is 1. The number of sulfone groups is 1. The number of alkyl halides is 3. The van der Waals surface area contributed by atoms with Gasteiger partial charge in [-0.05, 0) is 42.7 Å². The van der Waals surface area contributed by atoms with Crippen LogP contribution in [0.15, 0.2) is 52.7 Å². The molecule has 9 nitrogen and oxygen atoms in total. The first kappa shape index (κ1) is 27.0. The molecule has 13 heteroatoms. The highest BCUT2D eigenvalue weighted by molar-refractivity contribution is 7.90. The van der Waals surface area contributed by atoms with E-state index >= 15 is 0 Å². The zero-order valence-electron chi connectivity index (χ0n) is 20.2. The van der Waals surface area contributed by atoms with E-state index in [2.05, 4.69) is 4.98 Å². The van der Waals surface area contributed by atoms with Crippen molar-refractivity contribution in [3.05, 3.63) is 64.5 Å². The Labute approximate surface area is 216 Å². The molecule has 38 heavy (non-hydrogen) atoms. The van der Waals surface area contributed by atoms with Crippen molar-refractivity contribution in [3.63, 3.8) is 0 Å². The van der Waals surface area contributed by atoms with Crippen molar-refractivity contribution in [3.8, 4) is 6.07 Å². The molecule has 0 N–H and O–H groups in total. The van der Waals surface area contributed by atoms with Gasteiger partial charge in [-0.1, -0.05) is 13.0 Å². The molecule has 2 aliphatic rings. The molecule has 2 heterocycles. The van der Waals surface area contributed by atoms with E-state index in [-0.39, 0.29) is 46.6 Å². The number of allylic oxidation sites excluding steroid dienone is 1. The molecule has 1 aliphatic carbocycles. The molecule has 198 valence electrons. The maximum Gasteiger partial charge on any atom is 0.416 e. The fourth-order valence-electron chi connectivity index (χ4n) is 4.65. The topological polar surface area (TPSA) is 129 Å². The number of carbonyl (C=O) groups excluding carboxylic acids is 3. The number of ketones is 1. The molecule has 0 saturated heterocycles. The molecule has 1 aliphatic heterocycles. The van der Waals surface area contributed by atoms with Crippen molar-refractivity contribution in [2.45, 2.75) is 49.7 Å². The van der Waals surface area contributed by atoms with E-state index in [0.717, 1.165) is 29.5 Å². The Bertz CT molecular complexity index is 1540. The highest BCUT2D eigenvalue weighted by Gasteiger charge is 2.49. The minimum absolute atomic E-state index is 0.00416. The molecule has 2 aromatic rings. The van der Waals surface area contributed by atoms with Gasteiger partial charge in [0.2, 0.25) is 5.91 Å². The second-order valence-corrected chi connectivity index (χ2v) is 10.8. The van der Waals surface area contributed by atoms with E-state index in [1.807, 2.05) is 6.07 Å². The number of urea groups is 1. The first-order valence-electron chi connectivity index (χ1n) is 11.5. The van der Waals surface area contributed by atoms with E-state index in [4.69, 9.17) is 0 Å². The molecule has 1 aromatic heterocycles. The number of amides is 3. The SMILES string of the molecule is CCCC(=O)N1C(=O)N(c2cc(C(F)(F)F)ccn2)C2=C(C(=O)CC2)C1c1ccc(C#N)cc1S(C)(=O)=O. The Morgan fingerprint density at radius 1 is 1.18 bits per heavy atom. The molecule has 1 atom stereocenters. The number of halogens is 3. The van der Waals surface area contributed by atoms with Crippen LogP contribution in [0.25, 0.3) is 0 Å². The lowest BCUT2D eigenvalue weighted by atomic mass is 9.92. The molecular formula is C25H21F3N4O5S. The van der Waals surface area contributed by atoms with Crippen molar-refractivity contribution in [1.82, 2.24) is 9.88 Å². The average Bonchev–Trinajstić information content (AvgIpc) is 3.22. The van der Waals surface area contributed by atoms with Gasteiger partial charge in [-0.2, -0.15) is 18.4 Å². The molecule has 3 amide bonds. The third-order valence-electron chi connectivity index (χ3n) is 6.27. The predicted molar refractivity (Wildman–Crippen MR) is 127 cm³/mol. The maximum absolute atomic E-state index is 13.9. The van der Waals surface area contributed by atoms with Crippen molar-refractivity contribution < 1.29 is 36.0 Å². The summed E-state index contributed by atoms with van der Waals surface area (Å²) in [5, 5.41) is 9.29. The number of carbonyl (C=O) groups is 3. The summed E-state index contributed by atoms with van der Waals surface area (Å²) < 4.78 is 65.7. The molecule has 1 aromatic carbocycles. The van der Waals surface area contributed by atoms with Crippen LogP contribution in [0.2, 0.25) is 0 Å². The Balaban J connectivity index is 2.03. The van der Waals surface area contributed by atoms with Gasteiger partial charge in [-0.3, -0.25) is 14.5 Å². The number of hydrogen-bond donors (Lipinski definition) is 0. The zero-order valence-corrected chi connectivity index (χ0v) is 21.1. The fraction of sp³-hybridized carbons (Fsp3) is 0.320. The van der Waals surface area contributed by atoms with Gasteiger partial charge in [-0.15, -0.1) is 0 Å². The van der Waals surface area contributed by atoms with Crippen LogP contribution in [-0.2, 0) is 25.6 Å². The summed E-state index contributed by atoms with van der Waals surface area (Å²) in [6.07, 6.45) is -2.99. The first-order chi connectivity index (χ1) is 17.8. The number of aromatic nitrogens is 1. The fourth-order valence-corrected chi connectivity index (χ4v) is 5.60. The number of hydrogen-bond acceptors (Lipinski definition) is 7. The normalized spacial score (nSPS) is 18.1. The minimum Gasteiger partial charge on any atom is -0.294 e. The third kappa shape index (κ3) is 4.67. The second-order valence-electron chi connectivity index (χ2n) is 8.85. The quantitative estimate of drug-likeness (QED) is 0.547. The molecule has 1 unspecified atom stereocenters. The highest BCUT2D eigenvalue weighted by Crippen LogP contribution is 2.46. The number of nitrogens with zero attached hydrogens (tertiary/aromatic N) is 4. The summed E-state index contributed by atoms with van der Waals surface area (Å²) in [5.41, 5.74) is -1.18. The van der Waals surface area contributed by atoms with Gasteiger partial charge in [0.1, 0.15) is 5.82 Å². The van der Waals surface area contributed by atoms with Crippen LogP contribution in [0.4, 0.5) is 23.8 Å². The van der Waals surface area contributed by atoms with Crippen LogP contribution in [-0.4, -0.2) is 42.3 Å². The number of benzene rings is 1. The van der Waals surface area contributed by atoms with Crippen molar-refractivity contribution >= 4 is 33.4 Å². The van der Waals surface area contributed by atoms with Crippen molar-refractivity contribution in [2.75, 3.05) is 11.2 Å². The van der Waals surface area contributed by atoms with Gasteiger partial charge in [0.25, 0.3) is 0 Å². The van der Waals surface area contributed by atoms with Crippen molar-refractivity contribution in [1.29, 1.82) is 5.26 Å². The van der Waals surface area contributed by atoms with Crippen LogP contribution in [0.5, 0.6) is 0 Å². The van der Waals surface area contributed by atoms with Gasteiger partial charge in [0.15, 0.2) is 15.6 Å². The van der Waals surface area contributed by atoms with E-state index in [1.54, 1.807) is 6.92 Å². The van der Waals surface area contributed by atoms with E-state index in [9.17, 15) is 41.2 Å². The van der Waals surface area contributed by atoms with Gasteiger partial charge >= 0.3 is 12.2 Å². The molecule has 0 bridgehead atoms. The maximum atomic E-state index is 13.9. The number of nitriles is 1. The van der Waals surface area contributed by atoms with Crippen LogP contribution in [0.3, 0.4) is 0 Å². The largest absolute Gasteiger partial charge is 0.416 e. The molecular weight excluding hydrogens is 525 g/mol. The summed E-state index contributed by atoms with van der Waals surface area (Å²) in [6, 6.07) is 4.37. The Hall–Kier alpha value is -4.05. The predicted octanol–water partition coefficient (Wildman–Crippen LogP) is 4.30. The zero-order chi connectivity index (χ0) is 28.0. The number of rotatable bonds is 5. The monoisotopic (exact) mass is 546 g/mol. The van der Waals surface area contributed by atoms with Crippen LogP contribution in [0.1, 0.15) is 55.3 Å². The van der Waals surface area contributed by atoms with E-state index < -0.39 is 51.2 Å². The van der Waals surface area contributed by atoms with E-state index in [1.165, 1.54) is 12.1 Å². The van der Waals surface area contributed by atoms with Crippen LogP contribution < -0.4 is 4.90 Å². The second kappa shape index (κ2) is 9.68.